The zero-order valence-electron chi connectivity index (χ0n) is 10.8. The summed E-state index contributed by atoms with van der Waals surface area (Å²) in [4.78, 5) is 11.8. The molecule has 0 amide bonds. The van der Waals surface area contributed by atoms with Gasteiger partial charge in [-0.05, 0) is 13.8 Å². The molecule has 5 nitrogen and oxygen atoms in total. The molecule has 1 N–H and O–H groups in total. The highest BCUT2D eigenvalue weighted by molar-refractivity contribution is 5.33. The van der Waals surface area contributed by atoms with Crippen molar-refractivity contribution in [3.63, 3.8) is 0 Å². The van der Waals surface area contributed by atoms with Gasteiger partial charge in [0.15, 0.2) is 0 Å². The third-order valence-electron chi connectivity index (χ3n) is 3.19. The Morgan fingerprint density at radius 1 is 1.39 bits per heavy atom. The molecular formula is C13H19N2O3+. The van der Waals surface area contributed by atoms with Crippen LogP contribution in [0.25, 0.3) is 0 Å². The van der Waals surface area contributed by atoms with Crippen molar-refractivity contribution in [1.82, 2.24) is 0 Å². The minimum atomic E-state index is -0.344. The number of ether oxygens (including phenoxy) is 1. The van der Waals surface area contributed by atoms with Crippen LogP contribution >= 0.6 is 0 Å². The lowest BCUT2D eigenvalue weighted by Gasteiger charge is -2.32. The third kappa shape index (κ3) is 3.27. The molecule has 98 valence electrons. The van der Waals surface area contributed by atoms with Gasteiger partial charge in [-0.3, -0.25) is 10.1 Å². The number of quaternary nitrogens is 1. The van der Waals surface area contributed by atoms with E-state index < -0.39 is 0 Å². The molecule has 0 spiro atoms. The summed E-state index contributed by atoms with van der Waals surface area (Å²) in [5, 5.41) is 10.7. The van der Waals surface area contributed by atoms with Crippen molar-refractivity contribution in [2.24, 2.45) is 0 Å². The van der Waals surface area contributed by atoms with Gasteiger partial charge < -0.3 is 9.64 Å². The van der Waals surface area contributed by atoms with Crippen LogP contribution in [-0.4, -0.2) is 30.2 Å². The zero-order valence-corrected chi connectivity index (χ0v) is 10.8. The van der Waals surface area contributed by atoms with Gasteiger partial charge in [0.2, 0.25) is 0 Å². The van der Waals surface area contributed by atoms with E-state index in [1.165, 1.54) is 11.0 Å². The van der Waals surface area contributed by atoms with Crippen LogP contribution in [0.4, 0.5) is 5.69 Å². The molecule has 5 heteroatoms. The number of hydrogen-bond acceptors (Lipinski definition) is 3. The maximum atomic E-state index is 10.7. The minimum Gasteiger partial charge on any atom is -0.364 e. The van der Waals surface area contributed by atoms with E-state index in [-0.39, 0.29) is 22.8 Å². The summed E-state index contributed by atoms with van der Waals surface area (Å²) in [6.07, 6.45) is 0.505. The van der Waals surface area contributed by atoms with E-state index in [1.54, 1.807) is 12.1 Å². The quantitative estimate of drug-likeness (QED) is 0.638. The standard InChI is InChI=1S/C13H18N2O3/c1-10-7-14(8-11(2)18-10)9-12-4-3-5-13(6-12)15(16)17/h3-6,10-11H,7-9H2,1-2H3/p+1/t10-,11+. The van der Waals surface area contributed by atoms with E-state index in [0.717, 1.165) is 25.2 Å². The fraction of sp³-hybridized carbons (Fsp3) is 0.538. The molecule has 1 aliphatic heterocycles. The van der Waals surface area contributed by atoms with Gasteiger partial charge >= 0.3 is 0 Å². The van der Waals surface area contributed by atoms with Crippen LogP contribution in [0.15, 0.2) is 24.3 Å². The van der Waals surface area contributed by atoms with E-state index in [1.807, 2.05) is 6.07 Å². The molecule has 0 bridgehead atoms. The van der Waals surface area contributed by atoms with Gasteiger partial charge in [-0.15, -0.1) is 0 Å². The Labute approximate surface area is 107 Å². The van der Waals surface area contributed by atoms with E-state index in [2.05, 4.69) is 13.8 Å². The summed E-state index contributed by atoms with van der Waals surface area (Å²) in [5.41, 5.74) is 1.18. The van der Waals surface area contributed by atoms with Crippen LogP contribution in [0.3, 0.4) is 0 Å². The zero-order chi connectivity index (χ0) is 13.1. The predicted octanol–water partition coefficient (Wildman–Crippen LogP) is 0.787. The van der Waals surface area contributed by atoms with Crippen molar-refractivity contribution >= 4 is 5.69 Å². The number of nitrogens with one attached hydrogen (secondary N) is 1. The van der Waals surface area contributed by atoms with Crippen LogP contribution < -0.4 is 4.90 Å². The maximum Gasteiger partial charge on any atom is 0.269 e. The second kappa shape index (κ2) is 5.46. The second-order valence-corrected chi connectivity index (χ2v) is 5.02. The van der Waals surface area contributed by atoms with Crippen LogP contribution in [0, 0.1) is 10.1 Å². The summed E-state index contributed by atoms with van der Waals surface area (Å²) in [5.74, 6) is 0. The molecule has 3 atom stereocenters. The molecule has 0 aliphatic carbocycles. The largest absolute Gasteiger partial charge is 0.364 e. The lowest BCUT2D eigenvalue weighted by atomic mass is 10.1. The molecule has 0 radical (unpaired) electrons. The van der Waals surface area contributed by atoms with Gasteiger partial charge in [0.25, 0.3) is 5.69 Å². The third-order valence-corrected chi connectivity index (χ3v) is 3.19. The first-order chi connectivity index (χ1) is 8.54. The minimum absolute atomic E-state index is 0.168. The Kier molecular flexibility index (Phi) is 3.93. The van der Waals surface area contributed by atoms with Gasteiger partial charge in [-0.2, -0.15) is 0 Å². The molecule has 0 saturated carbocycles. The highest BCUT2D eigenvalue weighted by atomic mass is 16.6. The van der Waals surface area contributed by atoms with Crippen LogP contribution in [0.1, 0.15) is 19.4 Å². The van der Waals surface area contributed by atoms with Crippen LogP contribution in [0.2, 0.25) is 0 Å². The summed E-state index contributed by atoms with van der Waals surface area (Å²) in [6, 6.07) is 6.90. The normalized spacial score (nSPS) is 28.0. The number of rotatable bonds is 3. The fourth-order valence-electron chi connectivity index (χ4n) is 2.60. The van der Waals surface area contributed by atoms with E-state index in [4.69, 9.17) is 4.74 Å². The first-order valence-electron chi connectivity index (χ1n) is 6.27. The van der Waals surface area contributed by atoms with E-state index in [9.17, 15) is 10.1 Å². The number of morpholine rings is 1. The van der Waals surface area contributed by atoms with Crippen molar-refractivity contribution in [1.29, 1.82) is 0 Å². The molecule has 2 rings (SSSR count). The number of hydrogen-bond donors (Lipinski definition) is 1. The molecule has 0 aromatic heterocycles. The monoisotopic (exact) mass is 251 g/mol. The highest BCUT2D eigenvalue weighted by Gasteiger charge is 2.25. The molecular weight excluding hydrogens is 232 g/mol. The van der Waals surface area contributed by atoms with Gasteiger partial charge in [0.05, 0.1) is 4.92 Å². The summed E-state index contributed by atoms with van der Waals surface area (Å²) in [7, 11) is 0. The molecule has 1 heterocycles. The topological polar surface area (TPSA) is 56.8 Å². The Morgan fingerprint density at radius 3 is 2.67 bits per heavy atom. The van der Waals surface area contributed by atoms with Crippen LogP contribution in [0.5, 0.6) is 0 Å². The lowest BCUT2D eigenvalue weighted by molar-refractivity contribution is -0.928. The maximum absolute atomic E-state index is 10.7. The molecule has 1 unspecified atom stereocenters. The molecule has 1 aromatic carbocycles. The average molecular weight is 251 g/mol. The molecule has 18 heavy (non-hydrogen) atoms. The van der Waals surface area contributed by atoms with Gasteiger partial charge in [-0.1, -0.05) is 12.1 Å². The van der Waals surface area contributed by atoms with Gasteiger partial charge in [0, 0.05) is 17.7 Å². The van der Waals surface area contributed by atoms with Gasteiger partial charge in [0.1, 0.15) is 31.8 Å². The van der Waals surface area contributed by atoms with Crippen LogP contribution in [-0.2, 0) is 11.3 Å². The first-order valence-corrected chi connectivity index (χ1v) is 6.27. The number of nitro groups is 1. The van der Waals surface area contributed by atoms with Crippen molar-refractivity contribution in [2.75, 3.05) is 13.1 Å². The predicted molar refractivity (Wildman–Crippen MR) is 67.5 cm³/mol. The van der Waals surface area contributed by atoms with E-state index in [0.29, 0.717) is 0 Å². The van der Waals surface area contributed by atoms with Crippen molar-refractivity contribution < 1.29 is 14.6 Å². The van der Waals surface area contributed by atoms with E-state index >= 15 is 0 Å². The number of non-ortho nitro benzene ring substituents is 1. The Bertz CT molecular complexity index is 426. The van der Waals surface area contributed by atoms with Gasteiger partial charge in [-0.25, -0.2) is 0 Å². The number of benzene rings is 1. The second-order valence-electron chi connectivity index (χ2n) is 5.02. The van der Waals surface area contributed by atoms with Crippen molar-refractivity contribution in [3.05, 3.63) is 39.9 Å². The molecule has 1 fully saturated rings. The van der Waals surface area contributed by atoms with Crippen molar-refractivity contribution in [2.45, 2.75) is 32.6 Å². The summed E-state index contributed by atoms with van der Waals surface area (Å²) >= 11 is 0. The smallest absolute Gasteiger partial charge is 0.269 e. The highest BCUT2D eigenvalue weighted by Crippen LogP contribution is 2.12. The summed E-state index contributed by atoms with van der Waals surface area (Å²) < 4.78 is 5.69. The lowest BCUT2D eigenvalue weighted by Crippen LogP contribution is -3.14. The molecule has 1 aliphatic rings. The Balaban J connectivity index is 2.04. The SMILES string of the molecule is C[C@@H]1C[NH+](Cc2cccc([N+](=O)[O-])c2)C[C@H](C)O1. The number of nitro benzene ring substituents is 1. The number of nitrogens with zero attached hydrogens (tertiary/aromatic N) is 1. The van der Waals surface area contributed by atoms with Crippen molar-refractivity contribution in [3.8, 4) is 0 Å². The average Bonchev–Trinajstić information content (AvgIpc) is 2.27. The fourth-order valence-corrected chi connectivity index (χ4v) is 2.60. The molecule has 1 aromatic rings. The Morgan fingerprint density at radius 2 is 2.06 bits per heavy atom. The summed E-state index contributed by atoms with van der Waals surface area (Å²) in [6.45, 7) is 6.87. The molecule has 1 saturated heterocycles. The Hall–Kier alpha value is -1.46. The first kappa shape index (κ1) is 13.0.